The lowest BCUT2D eigenvalue weighted by Crippen LogP contribution is -2.04. The van der Waals surface area contributed by atoms with Crippen LogP contribution in [0.2, 0.25) is 0 Å². The molecule has 1 aliphatic rings. The van der Waals surface area contributed by atoms with Crippen molar-refractivity contribution in [2.45, 2.75) is 111 Å². The molecule has 1 aromatic carbocycles. The molecule has 26 heavy (non-hydrogen) atoms. The number of aryl methyl sites for hydroxylation is 2. The van der Waals surface area contributed by atoms with E-state index in [1.165, 1.54) is 88.2 Å². The maximum absolute atomic E-state index is 9.87. The molecular formula is C25H42O. The maximum atomic E-state index is 9.87. The van der Waals surface area contributed by atoms with Gasteiger partial charge in [0.15, 0.2) is 0 Å². The van der Waals surface area contributed by atoms with Crippen LogP contribution in [-0.4, -0.2) is 5.11 Å². The van der Waals surface area contributed by atoms with E-state index in [4.69, 9.17) is 0 Å². The number of phenols is 1. The molecule has 0 aliphatic heterocycles. The summed E-state index contributed by atoms with van der Waals surface area (Å²) < 4.78 is 0. The zero-order valence-corrected chi connectivity index (χ0v) is 17.9. The summed E-state index contributed by atoms with van der Waals surface area (Å²) in [6, 6.07) is 6.04. The lowest BCUT2D eigenvalue weighted by atomic mass is 9.89. The Morgan fingerprint density at radius 1 is 0.846 bits per heavy atom. The predicted molar refractivity (Wildman–Crippen MR) is 114 cm³/mol. The highest BCUT2D eigenvalue weighted by Gasteiger charge is 2.35. The maximum Gasteiger partial charge on any atom is 0.115 e. The first-order valence-corrected chi connectivity index (χ1v) is 11.1. The second kappa shape index (κ2) is 9.81. The molecule has 0 heterocycles. The van der Waals surface area contributed by atoms with Crippen molar-refractivity contribution in [1.82, 2.24) is 0 Å². The summed E-state index contributed by atoms with van der Waals surface area (Å²) in [4.78, 5) is 0. The average Bonchev–Trinajstić information content (AvgIpc) is 3.29. The monoisotopic (exact) mass is 358 g/mol. The van der Waals surface area contributed by atoms with Gasteiger partial charge in [0, 0.05) is 0 Å². The molecule has 0 saturated heterocycles. The third kappa shape index (κ3) is 8.60. The van der Waals surface area contributed by atoms with Crippen LogP contribution in [-0.2, 0) is 12.8 Å². The molecule has 1 N–H and O–H groups in total. The van der Waals surface area contributed by atoms with E-state index in [0.29, 0.717) is 16.6 Å². The Hall–Kier alpha value is -0.980. The molecule has 0 aromatic heterocycles. The van der Waals surface area contributed by atoms with Gasteiger partial charge in [0.05, 0.1) is 0 Å². The molecule has 148 valence electrons. The van der Waals surface area contributed by atoms with E-state index < -0.39 is 0 Å². The van der Waals surface area contributed by atoms with Crippen molar-refractivity contribution in [1.29, 1.82) is 0 Å². The molecular weight excluding hydrogens is 316 g/mol. The molecule has 1 heteroatoms. The largest absolute Gasteiger partial charge is 0.508 e. The Morgan fingerprint density at radius 3 is 2.12 bits per heavy atom. The van der Waals surface area contributed by atoms with Crippen molar-refractivity contribution in [3.05, 3.63) is 29.3 Å². The summed E-state index contributed by atoms with van der Waals surface area (Å²) in [7, 11) is 0. The molecule has 1 saturated carbocycles. The first-order chi connectivity index (χ1) is 12.3. The van der Waals surface area contributed by atoms with E-state index in [1.807, 2.05) is 12.1 Å². The molecule has 0 radical (unpaired) electrons. The highest BCUT2D eigenvalue weighted by molar-refractivity contribution is 5.35. The van der Waals surface area contributed by atoms with Gasteiger partial charge in [-0.25, -0.2) is 0 Å². The van der Waals surface area contributed by atoms with E-state index in [0.717, 1.165) is 6.42 Å². The Labute approximate surface area is 162 Å². The SMILES string of the molecule is CC(C)(C)CCCCCCc1cc(O)ccc1CCCCCC1(C)CC1. The number of benzene rings is 1. The van der Waals surface area contributed by atoms with E-state index in [2.05, 4.69) is 33.8 Å². The van der Waals surface area contributed by atoms with Crippen molar-refractivity contribution < 1.29 is 5.11 Å². The van der Waals surface area contributed by atoms with Crippen molar-refractivity contribution in [2.24, 2.45) is 10.8 Å². The van der Waals surface area contributed by atoms with Gasteiger partial charge < -0.3 is 5.11 Å². The Kier molecular flexibility index (Phi) is 8.05. The molecule has 0 unspecified atom stereocenters. The lowest BCUT2D eigenvalue weighted by molar-refractivity contribution is 0.357. The van der Waals surface area contributed by atoms with Gasteiger partial charge in [-0.2, -0.15) is 0 Å². The quantitative estimate of drug-likeness (QED) is 0.377. The molecule has 0 atom stereocenters. The van der Waals surface area contributed by atoms with Crippen LogP contribution in [0, 0.1) is 10.8 Å². The molecule has 1 aliphatic carbocycles. The third-order valence-electron chi connectivity index (χ3n) is 6.14. The van der Waals surface area contributed by atoms with Gasteiger partial charge in [-0.3, -0.25) is 0 Å². The second-order valence-corrected chi connectivity index (χ2v) is 10.3. The van der Waals surface area contributed by atoms with Gasteiger partial charge in [0.2, 0.25) is 0 Å². The predicted octanol–water partition coefficient (Wildman–Crippen LogP) is 7.83. The normalized spacial score (nSPS) is 16.0. The summed E-state index contributed by atoms with van der Waals surface area (Å²) in [5.41, 5.74) is 4.02. The molecule has 2 rings (SSSR count). The highest BCUT2D eigenvalue weighted by Crippen LogP contribution is 2.49. The van der Waals surface area contributed by atoms with Crippen molar-refractivity contribution in [3.8, 4) is 5.75 Å². The van der Waals surface area contributed by atoms with Crippen molar-refractivity contribution in [3.63, 3.8) is 0 Å². The van der Waals surface area contributed by atoms with Crippen LogP contribution in [0.5, 0.6) is 5.75 Å². The topological polar surface area (TPSA) is 20.2 Å². The average molecular weight is 359 g/mol. The van der Waals surface area contributed by atoms with E-state index in [1.54, 1.807) is 0 Å². The second-order valence-electron chi connectivity index (χ2n) is 10.3. The molecule has 1 nitrogen and oxygen atoms in total. The van der Waals surface area contributed by atoms with Gasteiger partial charge in [0.1, 0.15) is 5.75 Å². The Balaban J connectivity index is 1.67. The first-order valence-electron chi connectivity index (χ1n) is 11.1. The first kappa shape index (κ1) is 21.3. The lowest BCUT2D eigenvalue weighted by Gasteiger charge is -2.17. The van der Waals surface area contributed by atoms with Crippen molar-refractivity contribution in [2.75, 3.05) is 0 Å². The Morgan fingerprint density at radius 2 is 1.46 bits per heavy atom. The van der Waals surface area contributed by atoms with Crippen LogP contribution < -0.4 is 0 Å². The van der Waals surface area contributed by atoms with Gasteiger partial charge in [-0.05, 0) is 85.5 Å². The van der Waals surface area contributed by atoms with Crippen molar-refractivity contribution >= 4 is 0 Å². The molecule has 1 fully saturated rings. The van der Waals surface area contributed by atoms with E-state index >= 15 is 0 Å². The minimum Gasteiger partial charge on any atom is -0.508 e. The summed E-state index contributed by atoms with van der Waals surface area (Å²) in [6.07, 6.45) is 17.2. The van der Waals surface area contributed by atoms with Gasteiger partial charge in [-0.15, -0.1) is 0 Å². The van der Waals surface area contributed by atoms with Crippen LogP contribution in [0.15, 0.2) is 18.2 Å². The third-order valence-corrected chi connectivity index (χ3v) is 6.14. The fourth-order valence-electron chi connectivity index (χ4n) is 3.92. The van der Waals surface area contributed by atoms with E-state index in [-0.39, 0.29) is 0 Å². The summed E-state index contributed by atoms with van der Waals surface area (Å²) in [5, 5.41) is 9.87. The molecule has 0 spiro atoms. The smallest absolute Gasteiger partial charge is 0.115 e. The standard InChI is InChI=1S/C25H42O/c1-24(2,3)16-10-6-5-8-13-22-20-23(26)15-14-21(22)12-9-7-11-17-25(4)18-19-25/h14-15,20,26H,5-13,16-19H2,1-4H3. The van der Waals surface area contributed by atoms with Crippen LogP contribution in [0.4, 0.5) is 0 Å². The van der Waals surface area contributed by atoms with Crippen LogP contribution >= 0.6 is 0 Å². The minimum absolute atomic E-state index is 0.429. The zero-order chi connectivity index (χ0) is 19.0. The number of aromatic hydroxyl groups is 1. The molecule has 0 amide bonds. The van der Waals surface area contributed by atoms with E-state index in [9.17, 15) is 5.11 Å². The summed E-state index contributed by atoms with van der Waals surface area (Å²) in [6.45, 7) is 9.43. The van der Waals surface area contributed by atoms with Gasteiger partial charge >= 0.3 is 0 Å². The minimum atomic E-state index is 0.429. The fourth-order valence-corrected chi connectivity index (χ4v) is 3.92. The fraction of sp³-hybridized carbons (Fsp3) is 0.760. The van der Waals surface area contributed by atoms with Crippen LogP contribution in [0.25, 0.3) is 0 Å². The summed E-state index contributed by atoms with van der Waals surface area (Å²) in [5.74, 6) is 0.429. The van der Waals surface area contributed by atoms with Gasteiger partial charge in [0.25, 0.3) is 0 Å². The number of hydrogen-bond acceptors (Lipinski definition) is 1. The van der Waals surface area contributed by atoms with Crippen LogP contribution in [0.3, 0.4) is 0 Å². The zero-order valence-electron chi connectivity index (χ0n) is 17.9. The highest BCUT2D eigenvalue weighted by atomic mass is 16.3. The number of hydrogen-bond donors (Lipinski definition) is 1. The summed E-state index contributed by atoms with van der Waals surface area (Å²) >= 11 is 0. The molecule has 1 aromatic rings. The van der Waals surface area contributed by atoms with Crippen LogP contribution in [0.1, 0.15) is 109 Å². The number of phenolic OH excluding ortho intramolecular Hbond substituents is 1. The number of rotatable bonds is 12. The Bertz CT molecular complexity index is 534. The van der Waals surface area contributed by atoms with Gasteiger partial charge in [-0.1, -0.05) is 65.9 Å². The number of unbranched alkanes of at least 4 members (excludes halogenated alkanes) is 5. The molecule has 0 bridgehead atoms.